The average molecular weight is 247 g/mol. The van der Waals surface area contributed by atoms with Crippen LogP contribution < -0.4 is 10.6 Å². The van der Waals surface area contributed by atoms with E-state index in [1.807, 2.05) is 13.1 Å². The molecule has 0 amide bonds. The molecule has 1 fully saturated rings. The van der Waals surface area contributed by atoms with Crippen molar-refractivity contribution in [3.63, 3.8) is 0 Å². The fraction of sp³-hybridized carbons (Fsp3) is 0.667. The molecule has 1 atom stereocenters. The summed E-state index contributed by atoms with van der Waals surface area (Å²) in [6, 6.07) is 4.92. The third kappa shape index (κ3) is 3.22. The third-order valence-electron chi connectivity index (χ3n) is 4.03. The smallest absolute Gasteiger partial charge is 0.128 e. The van der Waals surface area contributed by atoms with E-state index < -0.39 is 0 Å². The number of hydrogen-bond acceptors (Lipinski definition) is 3. The zero-order valence-corrected chi connectivity index (χ0v) is 11.6. The predicted octanol–water partition coefficient (Wildman–Crippen LogP) is 3.26. The number of anilines is 1. The van der Waals surface area contributed by atoms with E-state index in [4.69, 9.17) is 5.73 Å². The van der Waals surface area contributed by atoms with Crippen LogP contribution in [-0.4, -0.2) is 18.1 Å². The van der Waals surface area contributed by atoms with Crippen LogP contribution in [0.1, 0.15) is 57.1 Å². The van der Waals surface area contributed by atoms with E-state index in [9.17, 15) is 0 Å². The first kappa shape index (κ1) is 13.3. The molecule has 2 rings (SSSR count). The normalized spacial score (nSPS) is 19.3. The summed E-state index contributed by atoms with van der Waals surface area (Å²) in [6.45, 7) is 1.99. The molecule has 0 bridgehead atoms. The molecule has 0 saturated heterocycles. The predicted molar refractivity (Wildman–Crippen MR) is 76.7 cm³/mol. The lowest BCUT2D eigenvalue weighted by atomic mass is 10.1. The number of pyridine rings is 1. The minimum absolute atomic E-state index is 0.0646. The Labute approximate surface area is 110 Å². The zero-order chi connectivity index (χ0) is 13.0. The van der Waals surface area contributed by atoms with E-state index in [0.717, 1.165) is 11.4 Å². The molecule has 2 N–H and O–H groups in total. The minimum atomic E-state index is 0.0646. The fourth-order valence-corrected chi connectivity index (χ4v) is 2.71. The quantitative estimate of drug-likeness (QED) is 0.834. The Kier molecular flexibility index (Phi) is 4.59. The van der Waals surface area contributed by atoms with Gasteiger partial charge in [0.1, 0.15) is 5.82 Å². The number of nitrogens with zero attached hydrogens (tertiary/aromatic N) is 2. The Morgan fingerprint density at radius 1 is 1.22 bits per heavy atom. The topological polar surface area (TPSA) is 42.1 Å². The van der Waals surface area contributed by atoms with Crippen LogP contribution in [0, 0.1) is 0 Å². The van der Waals surface area contributed by atoms with Crippen LogP contribution in [0.4, 0.5) is 5.82 Å². The molecule has 0 aliphatic heterocycles. The van der Waals surface area contributed by atoms with Crippen LogP contribution in [0.15, 0.2) is 18.3 Å². The summed E-state index contributed by atoms with van der Waals surface area (Å²) in [5.74, 6) is 1.08. The first-order chi connectivity index (χ1) is 8.68. The Balaban J connectivity index is 2.05. The molecule has 0 aromatic carbocycles. The molecule has 1 aromatic rings. The van der Waals surface area contributed by atoms with Gasteiger partial charge in [0.2, 0.25) is 0 Å². The standard InChI is InChI=1S/C15H25N3/c1-12(16)13-9-10-15(17-11-13)18(2)14-7-5-3-4-6-8-14/h9-12,14H,3-8,16H2,1-2H3/t12-/m0/s1. The molecular weight excluding hydrogens is 222 g/mol. The molecule has 0 radical (unpaired) electrons. The van der Waals surface area contributed by atoms with Crippen molar-refractivity contribution in [2.75, 3.05) is 11.9 Å². The van der Waals surface area contributed by atoms with Crippen molar-refractivity contribution in [3.8, 4) is 0 Å². The molecule has 1 aromatic heterocycles. The van der Waals surface area contributed by atoms with Gasteiger partial charge in [0, 0.05) is 25.3 Å². The van der Waals surface area contributed by atoms with Crippen molar-refractivity contribution >= 4 is 5.82 Å². The average Bonchev–Trinajstić information content (AvgIpc) is 2.67. The van der Waals surface area contributed by atoms with Crippen LogP contribution in [0.5, 0.6) is 0 Å². The number of aromatic nitrogens is 1. The van der Waals surface area contributed by atoms with Gasteiger partial charge in [0.15, 0.2) is 0 Å². The molecule has 18 heavy (non-hydrogen) atoms. The van der Waals surface area contributed by atoms with Gasteiger partial charge in [-0.2, -0.15) is 0 Å². The molecule has 1 aliphatic carbocycles. The van der Waals surface area contributed by atoms with Crippen molar-refractivity contribution in [3.05, 3.63) is 23.9 Å². The van der Waals surface area contributed by atoms with Crippen molar-refractivity contribution < 1.29 is 0 Å². The van der Waals surface area contributed by atoms with E-state index >= 15 is 0 Å². The van der Waals surface area contributed by atoms with E-state index in [1.54, 1.807) is 0 Å². The summed E-state index contributed by atoms with van der Waals surface area (Å²) < 4.78 is 0. The highest BCUT2D eigenvalue weighted by molar-refractivity contribution is 5.40. The molecule has 3 heteroatoms. The lowest BCUT2D eigenvalue weighted by Gasteiger charge is -2.28. The van der Waals surface area contributed by atoms with Crippen LogP contribution in [0.3, 0.4) is 0 Å². The van der Waals surface area contributed by atoms with Crippen molar-refractivity contribution in [1.82, 2.24) is 4.98 Å². The van der Waals surface area contributed by atoms with Crippen molar-refractivity contribution in [2.45, 2.75) is 57.5 Å². The monoisotopic (exact) mass is 247 g/mol. The maximum Gasteiger partial charge on any atom is 0.128 e. The summed E-state index contributed by atoms with van der Waals surface area (Å²) >= 11 is 0. The fourth-order valence-electron chi connectivity index (χ4n) is 2.71. The van der Waals surface area contributed by atoms with Crippen LogP contribution in [-0.2, 0) is 0 Å². The van der Waals surface area contributed by atoms with E-state index in [0.29, 0.717) is 6.04 Å². The maximum atomic E-state index is 5.85. The number of rotatable bonds is 3. The Morgan fingerprint density at radius 2 is 1.89 bits per heavy atom. The highest BCUT2D eigenvalue weighted by Crippen LogP contribution is 2.24. The molecule has 1 aliphatic rings. The number of hydrogen-bond donors (Lipinski definition) is 1. The zero-order valence-electron chi connectivity index (χ0n) is 11.6. The second-order valence-corrected chi connectivity index (χ2v) is 5.49. The van der Waals surface area contributed by atoms with Gasteiger partial charge in [-0.3, -0.25) is 0 Å². The van der Waals surface area contributed by atoms with Gasteiger partial charge in [-0.15, -0.1) is 0 Å². The first-order valence-electron chi connectivity index (χ1n) is 7.13. The summed E-state index contributed by atoms with van der Waals surface area (Å²) in [5.41, 5.74) is 6.95. The Hall–Kier alpha value is -1.09. The van der Waals surface area contributed by atoms with Gasteiger partial charge in [-0.05, 0) is 31.4 Å². The van der Waals surface area contributed by atoms with Gasteiger partial charge in [-0.1, -0.05) is 31.7 Å². The molecule has 1 saturated carbocycles. The van der Waals surface area contributed by atoms with E-state index in [2.05, 4.69) is 29.1 Å². The van der Waals surface area contributed by atoms with Crippen molar-refractivity contribution in [2.24, 2.45) is 5.73 Å². The SMILES string of the molecule is C[C@H](N)c1ccc(N(C)C2CCCCCC2)nc1. The van der Waals surface area contributed by atoms with Gasteiger partial charge >= 0.3 is 0 Å². The first-order valence-corrected chi connectivity index (χ1v) is 7.13. The minimum Gasteiger partial charge on any atom is -0.357 e. The number of nitrogens with two attached hydrogens (primary N) is 1. The molecule has 3 nitrogen and oxygen atoms in total. The van der Waals surface area contributed by atoms with Crippen LogP contribution >= 0.6 is 0 Å². The summed E-state index contributed by atoms with van der Waals surface area (Å²) in [6.07, 6.45) is 10.00. The highest BCUT2D eigenvalue weighted by Gasteiger charge is 2.18. The molecule has 0 spiro atoms. The van der Waals surface area contributed by atoms with Gasteiger partial charge in [-0.25, -0.2) is 4.98 Å². The third-order valence-corrected chi connectivity index (χ3v) is 4.03. The van der Waals surface area contributed by atoms with Gasteiger partial charge < -0.3 is 10.6 Å². The van der Waals surface area contributed by atoms with Gasteiger partial charge in [0.25, 0.3) is 0 Å². The second-order valence-electron chi connectivity index (χ2n) is 5.49. The maximum absolute atomic E-state index is 5.85. The van der Waals surface area contributed by atoms with Crippen LogP contribution in [0.2, 0.25) is 0 Å². The van der Waals surface area contributed by atoms with Crippen molar-refractivity contribution in [1.29, 1.82) is 0 Å². The molecular formula is C15H25N3. The largest absolute Gasteiger partial charge is 0.357 e. The van der Waals surface area contributed by atoms with Gasteiger partial charge in [0.05, 0.1) is 0 Å². The highest BCUT2D eigenvalue weighted by atomic mass is 15.2. The second kappa shape index (κ2) is 6.19. The lowest BCUT2D eigenvalue weighted by Crippen LogP contribution is -2.31. The molecule has 0 unspecified atom stereocenters. The van der Waals surface area contributed by atoms with E-state index in [1.165, 1.54) is 38.5 Å². The molecule has 1 heterocycles. The Bertz CT molecular complexity index is 351. The molecule has 100 valence electrons. The summed E-state index contributed by atoms with van der Waals surface area (Å²) in [4.78, 5) is 6.90. The lowest BCUT2D eigenvalue weighted by molar-refractivity contribution is 0.549. The summed E-state index contributed by atoms with van der Waals surface area (Å²) in [5, 5.41) is 0. The van der Waals surface area contributed by atoms with Crippen LogP contribution in [0.25, 0.3) is 0 Å². The summed E-state index contributed by atoms with van der Waals surface area (Å²) in [7, 11) is 2.17. The Morgan fingerprint density at radius 3 is 2.39 bits per heavy atom. The van der Waals surface area contributed by atoms with E-state index in [-0.39, 0.29) is 6.04 Å².